The molecule has 1 aromatic carbocycles. The molecule has 1 aliphatic heterocycles. The van der Waals surface area contributed by atoms with Gasteiger partial charge in [0, 0.05) is 13.1 Å². The van der Waals surface area contributed by atoms with Gasteiger partial charge in [-0.05, 0) is 43.7 Å². The summed E-state index contributed by atoms with van der Waals surface area (Å²) in [6.45, 7) is 3.42. The van der Waals surface area contributed by atoms with Gasteiger partial charge in [0.2, 0.25) is 10.0 Å². The number of rotatable bonds is 5. The lowest BCUT2D eigenvalue weighted by Crippen LogP contribution is -2.44. The molecule has 7 heteroatoms. The topological polar surface area (TPSA) is 81.9 Å². The average Bonchev–Trinajstić information content (AvgIpc) is 2.47. The molecule has 21 heavy (non-hydrogen) atoms. The van der Waals surface area contributed by atoms with E-state index in [1.807, 2.05) is 6.92 Å². The fourth-order valence-electron chi connectivity index (χ4n) is 2.43. The number of ether oxygens (including phenoxy) is 2. The number of sulfonamides is 1. The lowest BCUT2D eigenvalue weighted by Gasteiger charge is -2.30. The van der Waals surface area contributed by atoms with Crippen molar-refractivity contribution >= 4 is 10.0 Å². The minimum absolute atomic E-state index is 0.0928. The minimum atomic E-state index is -3.53. The zero-order valence-corrected chi connectivity index (χ0v) is 13.2. The lowest BCUT2D eigenvalue weighted by atomic mass is 10.1. The van der Waals surface area contributed by atoms with Crippen LogP contribution in [0, 0.1) is 0 Å². The first-order valence-electron chi connectivity index (χ1n) is 6.97. The second-order valence-electron chi connectivity index (χ2n) is 5.06. The molecule has 0 spiro atoms. The van der Waals surface area contributed by atoms with Crippen molar-refractivity contribution in [1.29, 1.82) is 0 Å². The quantitative estimate of drug-likeness (QED) is 0.861. The van der Waals surface area contributed by atoms with Crippen LogP contribution in [0.25, 0.3) is 0 Å². The molecule has 1 aromatic rings. The first kappa shape index (κ1) is 16.2. The van der Waals surface area contributed by atoms with Gasteiger partial charge in [-0.2, -0.15) is 4.31 Å². The Balaban J connectivity index is 2.38. The minimum Gasteiger partial charge on any atom is -0.497 e. The van der Waals surface area contributed by atoms with E-state index >= 15 is 0 Å². The molecule has 1 atom stereocenters. The maximum Gasteiger partial charge on any atom is 0.243 e. The maximum absolute atomic E-state index is 12.8. The summed E-state index contributed by atoms with van der Waals surface area (Å²) in [5, 5.41) is 0. The van der Waals surface area contributed by atoms with Crippen molar-refractivity contribution in [3.63, 3.8) is 0 Å². The van der Waals surface area contributed by atoms with Gasteiger partial charge in [-0.3, -0.25) is 0 Å². The van der Waals surface area contributed by atoms with Gasteiger partial charge in [-0.1, -0.05) is 0 Å². The molecule has 1 fully saturated rings. The number of morpholine rings is 1. The van der Waals surface area contributed by atoms with Gasteiger partial charge >= 0.3 is 0 Å². The number of hydrogen-bond acceptors (Lipinski definition) is 5. The molecule has 1 aliphatic rings. The molecule has 2 N–H and O–H groups in total. The van der Waals surface area contributed by atoms with Crippen LogP contribution in [-0.4, -0.2) is 52.2 Å². The Hall–Kier alpha value is -1.15. The first-order chi connectivity index (χ1) is 9.98. The van der Waals surface area contributed by atoms with Crippen LogP contribution >= 0.6 is 0 Å². The summed E-state index contributed by atoms with van der Waals surface area (Å²) >= 11 is 0. The zero-order chi connectivity index (χ0) is 15.5. The molecule has 0 radical (unpaired) electrons. The highest BCUT2D eigenvalue weighted by molar-refractivity contribution is 7.89. The SMILES string of the molecule is COc1ccc(S(=O)(=O)N2CCOC(C)C2)c(CCN)c1. The van der Waals surface area contributed by atoms with Crippen LogP contribution in [0.15, 0.2) is 23.1 Å². The fourth-order valence-corrected chi connectivity index (χ4v) is 4.16. The number of nitrogens with two attached hydrogens (primary N) is 1. The highest BCUT2D eigenvalue weighted by Gasteiger charge is 2.30. The molecule has 1 unspecified atom stereocenters. The van der Waals surface area contributed by atoms with Gasteiger partial charge in [-0.15, -0.1) is 0 Å². The van der Waals surface area contributed by atoms with Gasteiger partial charge in [0.1, 0.15) is 5.75 Å². The van der Waals surface area contributed by atoms with E-state index in [0.717, 1.165) is 0 Å². The Morgan fingerprint density at radius 3 is 2.86 bits per heavy atom. The van der Waals surface area contributed by atoms with Crippen molar-refractivity contribution in [2.75, 3.05) is 33.4 Å². The Labute approximate surface area is 125 Å². The number of benzene rings is 1. The predicted molar refractivity (Wildman–Crippen MR) is 79.9 cm³/mol. The summed E-state index contributed by atoms with van der Waals surface area (Å²) in [5.41, 5.74) is 6.29. The van der Waals surface area contributed by atoms with Crippen molar-refractivity contribution in [3.8, 4) is 5.75 Å². The molecule has 118 valence electrons. The highest BCUT2D eigenvalue weighted by atomic mass is 32.2. The molecule has 1 heterocycles. The molecule has 2 rings (SSSR count). The monoisotopic (exact) mass is 314 g/mol. The van der Waals surface area contributed by atoms with Crippen molar-refractivity contribution in [1.82, 2.24) is 4.31 Å². The van der Waals surface area contributed by atoms with Crippen molar-refractivity contribution < 1.29 is 17.9 Å². The van der Waals surface area contributed by atoms with Gasteiger partial charge < -0.3 is 15.2 Å². The summed E-state index contributed by atoms with van der Waals surface area (Å²) in [4.78, 5) is 0.308. The van der Waals surface area contributed by atoms with Crippen LogP contribution in [-0.2, 0) is 21.2 Å². The van der Waals surface area contributed by atoms with Crippen LogP contribution in [0.3, 0.4) is 0 Å². The van der Waals surface area contributed by atoms with E-state index in [-0.39, 0.29) is 6.10 Å². The smallest absolute Gasteiger partial charge is 0.243 e. The third-order valence-corrected chi connectivity index (χ3v) is 5.47. The van der Waals surface area contributed by atoms with E-state index < -0.39 is 10.0 Å². The largest absolute Gasteiger partial charge is 0.497 e. The molecule has 0 aromatic heterocycles. The Bertz CT molecular complexity index is 589. The van der Waals surface area contributed by atoms with E-state index in [2.05, 4.69) is 0 Å². The van der Waals surface area contributed by atoms with Crippen LogP contribution in [0.5, 0.6) is 5.75 Å². The molecule has 0 amide bonds. The van der Waals surface area contributed by atoms with Crippen molar-refractivity contribution in [2.24, 2.45) is 5.73 Å². The number of nitrogens with zero attached hydrogens (tertiary/aromatic N) is 1. The molecule has 0 saturated carbocycles. The van der Waals surface area contributed by atoms with E-state index in [1.165, 1.54) is 4.31 Å². The second kappa shape index (κ2) is 6.74. The van der Waals surface area contributed by atoms with E-state index in [9.17, 15) is 8.42 Å². The fraction of sp³-hybridized carbons (Fsp3) is 0.571. The summed E-state index contributed by atoms with van der Waals surface area (Å²) < 4.78 is 37.7. The van der Waals surface area contributed by atoms with Gasteiger partial charge in [-0.25, -0.2) is 8.42 Å². The second-order valence-corrected chi connectivity index (χ2v) is 6.96. The molecular formula is C14H22N2O4S. The van der Waals surface area contributed by atoms with Crippen LogP contribution in [0.1, 0.15) is 12.5 Å². The summed E-state index contributed by atoms with van der Waals surface area (Å²) in [5.74, 6) is 0.632. The zero-order valence-electron chi connectivity index (χ0n) is 12.4. The molecule has 0 bridgehead atoms. The van der Waals surface area contributed by atoms with Gasteiger partial charge in [0.05, 0.1) is 24.7 Å². The number of hydrogen-bond donors (Lipinski definition) is 1. The maximum atomic E-state index is 12.8. The van der Waals surface area contributed by atoms with Crippen molar-refractivity contribution in [2.45, 2.75) is 24.3 Å². The van der Waals surface area contributed by atoms with E-state index in [1.54, 1.807) is 25.3 Å². The predicted octanol–water partition coefficient (Wildman–Crippen LogP) is 0.606. The van der Waals surface area contributed by atoms with E-state index in [0.29, 0.717) is 48.9 Å². The Morgan fingerprint density at radius 2 is 2.24 bits per heavy atom. The van der Waals surface area contributed by atoms with E-state index in [4.69, 9.17) is 15.2 Å². The Morgan fingerprint density at radius 1 is 1.48 bits per heavy atom. The van der Waals surface area contributed by atoms with Crippen LogP contribution in [0.4, 0.5) is 0 Å². The number of methoxy groups -OCH3 is 1. The molecular weight excluding hydrogens is 292 g/mol. The summed E-state index contributed by atoms with van der Waals surface area (Å²) in [6.07, 6.45) is 0.399. The van der Waals surface area contributed by atoms with Gasteiger partial charge in [0.15, 0.2) is 0 Å². The van der Waals surface area contributed by atoms with Crippen LogP contribution in [0.2, 0.25) is 0 Å². The molecule has 0 aliphatic carbocycles. The Kier molecular flexibility index (Phi) is 5.21. The summed E-state index contributed by atoms with van der Waals surface area (Å²) in [7, 11) is -1.98. The molecule has 1 saturated heterocycles. The van der Waals surface area contributed by atoms with Crippen molar-refractivity contribution in [3.05, 3.63) is 23.8 Å². The third kappa shape index (κ3) is 3.55. The average molecular weight is 314 g/mol. The van der Waals surface area contributed by atoms with Crippen LogP contribution < -0.4 is 10.5 Å². The summed E-state index contributed by atoms with van der Waals surface area (Å²) in [6, 6.07) is 5.00. The normalized spacial score (nSPS) is 20.4. The standard InChI is InChI=1S/C14H22N2O4S/c1-11-10-16(7-8-20-11)21(17,18)14-4-3-13(19-2)9-12(14)5-6-15/h3-4,9,11H,5-8,10,15H2,1-2H3. The third-order valence-electron chi connectivity index (χ3n) is 3.50. The highest BCUT2D eigenvalue weighted by Crippen LogP contribution is 2.26. The lowest BCUT2D eigenvalue weighted by molar-refractivity contribution is 0.0101. The molecule has 6 nitrogen and oxygen atoms in total. The first-order valence-corrected chi connectivity index (χ1v) is 8.41. The van der Waals surface area contributed by atoms with Gasteiger partial charge in [0.25, 0.3) is 0 Å².